The van der Waals surface area contributed by atoms with Gasteiger partial charge in [-0.05, 0) is 17.5 Å². The lowest BCUT2D eigenvalue weighted by atomic mass is 10.1. The first-order valence-electron chi connectivity index (χ1n) is 7.70. The van der Waals surface area contributed by atoms with Crippen molar-refractivity contribution in [1.82, 2.24) is 19.6 Å². The number of hydrogen-bond acceptors (Lipinski definition) is 4. The van der Waals surface area contributed by atoms with Crippen molar-refractivity contribution in [3.8, 4) is 0 Å². The monoisotopic (exact) mass is 326 g/mol. The van der Waals surface area contributed by atoms with Gasteiger partial charge in [0.25, 0.3) is 0 Å². The van der Waals surface area contributed by atoms with Gasteiger partial charge < -0.3 is 10.1 Å². The van der Waals surface area contributed by atoms with E-state index < -0.39 is 0 Å². The highest BCUT2D eigenvalue weighted by Gasteiger charge is 2.18. The van der Waals surface area contributed by atoms with Crippen molar-refractivity contribution in [2.45, 2.75) is 32.8 Å². The van der Waals surface area contributed by atoms with Crippen LogP contribution >= 0.6 is 11.3 Å². The standard InChI is InChI=1S/C17H18N4OS/c1-10(2)16-14(9-22)21-17(19-16)23-15(20-21)7-11-8-18-13-6-4-3-5-12(11)13/h3-6,8,10,18,22H,7,9H2,1-2H3. The van der Waals surface area contributed by atoms with Crippen LogP contribution in [0.2, 0.25) is 0 Å². The zero-order valence-electron chi connectivity index (χ0n) is 13.1. The molecule has 0 saturated carbocycles. The molecule has 0 aliphatic rings. The molecule has 6 heteroatoms. The van der Waals surface area contributed by atoms with E-state index >= 15 is 0 Å². The molecule has 0 fully saturated rings. The van der Waals surface area contributed by atoms with Crippen molar-refractivity contribution in [3.63, 3.8) is 0 Å². The summed E-state index contributed by atoms with van der Waals surface area (Å²) in [5.41, 5.74) is 4.11. The van der Waals surface area contributed by atoms with Crippen molar-refractivity contribution >= 4 is 27.2 Å². The summed E-state index contributed by atoms with van der Waals surface area (Å²) in [5.74, 6) is 0.281. The number of aromatic nitrogens is 4. The molecule has 0 unspecified atom stereocenters. The number of hydrogen-bond donors (Lipinski definition) is 2. The summed E-state index contributed by atoms with van der Waals surface area (Å²) in [6.45, 7) is 4.13. The first kappa shape index (κ1) is 14.4. The topological polar surface area (TPSA) is 66.2 Å². The Morgan fingerprint density at radius 2 is 2.13 bits per heavy atom. The van der Waals surface area contributed by atoms with Crippen LogP contribution in [0.1, 0.15) is 41.7 Å². The van der Waals surface area contributed by atoms with E-state index in [1.54, 1.807) is 15.9 Å². The molecule has 0 aliphatic heterocycles. The second kappa shape index (κ2) is 5.47. The van der Waals surface area contributed by atoms with Gasteiger partial charge in [0.15, 0.2) is 0 Å². The Labute approximate surface area is 137 Å². The highest BCUT2D eigenvalue weighted by atomic mass is 32.1. The second-order valence-electron chi connectivity index (χ2n) is 5.98. The van der Waals surface area contributed by atoms with Gasteiger partial charge in [0.2, 0.25) is 4.96 Å². The third-order valence-electron chi connectivity index (χ3n) is 4.08. The first-order chi connectivity index (χ1) is 11.2. The van der Waals surface area contributed by atoms with Gasteiger partial charge in [-0.2, -0.15) is 5.10 Å². The van der Waals surface area contributed by atoms with E-state index in [4.69, 9.17) is 0 Å². The Morgan fingerprint density at radius 3 is 2.91 bits per heavy atom. The van der Waals surface area contributed by atoms with Crippen molar-refractivity contribution in [2.24, 2.45) is 0 Å². The van der Waals surface area contributed by atoms with Crippen LogP contribution in [0.5, 0.6) is 0 Å². The largest absolute Gasteiger partial charge is 0.390 e. The number of H-pyrrole nitrogens is 1. The third-order valence-corrected chi connectivity index (χ3v) is 4.99. The first-order valence-corrected chi connectivity index (χ1v) is 8.52. The molecule has 0 radical (unpaired) electrons. The van der Waals surface area contributed by atoms with Crippen LogP contribution in [0.3, 0.4) is 0 Å². The molecule has 0 atom stereocenters. The van der Waals surface area contributed by atoms with E-state index in [9.17, 15) is 5.11 Å². The maximum absolute atomic E-state index is 9.66. The molecule has 0 saturated heterocycles. The number of nitrogens with one attached hydrogen (secondary N) is 1. The maximum Gasteiger partial charge on any atom is 0.212 e. The Morgan fingerprint density at radius 1 is 1.30 bits per heavy atom. The van der Waals surface area contributed by atoms with Gasteiger partial charge in [-0.25, -0.2) is 9.50 Å². The van der Waals surface area contributed by atoms with E-state index in [0.29, 0.717) is 0 Å². The van der Waals surface area contributed by atoms with Crippen LogP contribution in [0.15, 0.2) is 30.5 Å². The number of imidazole rings is 1. The number of nitrogens with zero attached hydrogens (tertiary/aromatic N) is 3. The number of aliphatic hydroxyl groups is 1. The lowest BCUT2D eigenvalue weighted by molar-refractivity contribution is 0.272. The van der Waals surface area contributed by atoms with Crippen molar-refractivity contribution in [3.05, 3.63) is 52.4 Å². The summed E-state index contributed by atoms with van der Waals surface area (Å²) in [4.78, 5) is 8.80. The van der Waals surface area contributed by atoms with E-state index in [1.165, 1.54) is 10.9 Å². The summed E-state index contributed by atoms with van der Waals surface area (Å²) < 4.78 is 1.80. The molecule has 3 aromatic heterocycles. The van der Waals surface area contributed by atoms with E-state index in [1.807, 2.05) is 18.3 Å². The SMILES string of the molecule is CC(C)c1nc2sc(Cc3c[nH]c4ccccc34)nn2c1CO. The number of fused-ring (bicyclic) bond motifs is 2. The molecule has 118 valence electrons. The summed E-state index contributed by atoms with van der Waals surface area (Å²) in [6, 6.07) is 8.27. The fourth-order valence-electron chi connectivity index (χ4n) is 2.97. The molecule has 1 aromatic carbocycles. The van der Waals surface area contributed by atoms with Crippen LogP contribution in [-0.2, 0) is 13.0 Å². The molecule has 0 amide bonds. The van der Waals surface area contributed by atoms with Gasteiger partial charge in [-0.1, -0.05) is 43.4 Å². The minimum absolute atomic E-state index is 0.0368. The quantitative estimate of drug-likeness (QED) is 0.603. The minimum Gasteiger partial charge on any atom is -0.390 e. The third kappa shape index (κ3) is 2.34. The Balaban J connectivity index is 1.74. The highest BCUT2D eigenvalue weighted by molar-refractivity contribution is 7.16. The van der Waals surface area contributed by atoms with Crippen LogP contribution in [0, 0.1) is 0 Å². The number of para-hydroxylation sites is 1. The van der Waals surface area contributed by atoms with Crippen molar-refractivity contribution < 1.29 is 5.11 Å². The molecule has 3 heterocycles. The number of benzene rings is 1. The Bertz CT molecular complexity index is 979. The molecule has 0 spiro atoms. The molecule has 23 heavy (non-hydrogen) atoms. The lowest BCUT2D eigenvalue weighted by Gasteiger charge is -2.02. The average molecular weight is 326 g/mol. The van der Waals surface area contributed by atoms with Crippen molar-refractivity contribution in [2.75, 3.05) is 0 Å². The van der Waals surface area contributed by atoms with Gasteiger partial charge in [-0.15, -0.1) is 0 Å². The lowest BCUT2D eigenvalue weighted by Crippen LogP contribution is -2.00. The highest BCUT2D eigenvalue weighted by Crippen LogP contribution is 2.27. The minimum atomic E-state index is -0.0368. The predicted molar refractivity (Wildman–Crippen MR) is 92.0 cm³/mol. The summed E-state index contributed by atoms with van der Waals surface area (Å²) in [5, 5.41) is 16.6. The molecule has 0 bridgehead atoms. The number of aliphatic hydroxyl groups excluding tert-OH is 1. The molecular weight excluding hydrogens is 308 g/mol. The zero-order chi connectivity index (χ0) is 16.0. The molecular formula is C17H18N4OS. The zero-order valence-corrected chi connectivity index (χ0v) is 13.9. The van der Waals surface area contributed by atoms with Crippen LogP contribution < -0.4 is 0 Å². The summed E-state index contributed by atoms with van der Waals surface area (Å²) in [7, 11) is 0. The smallest absolute Gasteiger partial charge is 0.212 e. The molecule has 2 N–H and O–H groups in total. The fraction of sp³-hybridized carbons (Fsp3) is 0.294. The average Bonchev–Trinajstić information content (AvgIpc) is 3.20. The van der Waals surface area contributed by atoms with Gasteiger partial charge in [-0.3, -0.25) is 0 Å². The molecule has 5 nitrogen and oxygen atoms in total. The van der Waals surface area contributed by atoms with Gasteiger partial charge in [0.05, 0.1) is 18.0 Å². The number of rotatable bonds is 4. The van der Waals surface area contributed by atoms with Gasteiger partial charge >= 0.3 is 0 Å². The van der Waals surface area contributed by atoms with E-state index in [0.717, 1.165) is 33.3 Å². The van der Waals surface area contributed by atoms with Crippen LogP contribution in [0.25, 0.3) is 15.9 Å². The molecule has 4 rings (SSSR count). The maximum atomic E-state index is 9.66. The number of aromatic amines is 1. The molecule has 0 aliphatic carbocycles. The summed E-state index contributed by atoms with van der Waals surface area (Å²) >= 11 is 1.59. The summed E-state index contributed by atoms with van der Waals surface area (Å²) in [6.07, 6.45) is 2.81. The fourth-order valence-corrected chi connectivity index (χ4v) is 3.91. The van der Waals surface area contributed by atoms with Gasteiger partial charge in [0.1, 0.15) is 5.01 Å². The Hall–Kier alpha value is -2.18. The normalized spacial score (nSPS) is 12.0. The van der Waals surface area contributed by atoms with Crippen molar-refractivity contribution in [1.29, 1.82) is 0 Å². The van der Waals surface area contributed by atoms with Gasteiger partial charge in [0, 0.05) is 23.5 Å². The van der Waals surface area contributed by atoms with Crippen LogP contribution in [-0.4, -0.2) is 24.7 Å². The molecule has 4 aromatic rings. The van der Waals surface area contributed by atoms with E-state index in [2.05, 4.69) is 41.0 Å². The predicted octanol–water partition coefficient (Wildman–Crippen LogP) is 3.48. The Kier molecular flexibility index (Phi) is 3.43. The second-order valence-corrected chi connectivity index (χ2v) is 7.02. The van der Waals surface area contributed by atoms with E-state index in [-0.39, 0.29) is 12.5 Å². The van der Waals surface area contributed by atoms with Crippen LogP contribution in [0.4, 0.5) is 0 Å².